The van der Waals surface area contributed by atoms with Crippen LogP contribution in [-0.2, 0) is 9.47 Å². The summed E-state index contributed by atoms with van der Waals surface area (Å²) in [5.41, 5.74) is -0.614. The van der Waals surface area contributed by atoms with Crippen LogP contribution in [0.5, 0.6) is 0 Å². The molecule has 0 radical (unpaired) electrons. The number of halogens is 1. The molecule has 0 bridgehead atoms. The van der Waals surface area contributed by atoms with Gasteiger partial charge >= 0.3 is 12.2 Å². The molecule has 1 aliphatic heterocycles. The number of anilines is 2. The SMILES string of the molecule is CC(C)(C)OC(=O)Nc1cc(N2CC[C@@H](NC(=O)OC(C)(C)C)C2)nc2c(Br)cnn12. The molecule has 1 aliphatic rings. The van der Waals surface area contributed by atoms with Crippen LogP contribution in [0.15, 0.2) is 16.7 Å². The molecule has 1 fully saturated rings. The van der Waals surface area contributed by atoms with E-state index in [-0.39, 0.29) is 6.04 Å². The third-order valence-corrected chi connectivity index (χ3v) is 4.84. The molecule has 0 saturated carbocycles. The molecule has 0 aliphatic carbocycles. The number of carbonyl (C=O) groups excluding carboxylic acids is 2. The Morgan fingerprint density at radius 1 is 1.13 bits per heavy atom. The highest BCUT2D eigenvalue weighted by Crippen LogP contribution is 2.27. The molecular formula is C20H29BrN6O4. The van der Waals surface area contributed by atoms with Gasteiger partial charge in [-0.15, -0.1) is 0 Å². The number of fused-ring (bicyclic) bond motifs is 1. The van der Waals surface area contributed by atoms with Crippen molar-refractivity contribution < 1.29 is 19.1 Å². The summed E-state index contributed by atoms with van der Waals surface area (Å²) in [6.45, 7) is 12.1. The molecule has 2 aromatic rings. The number of nitrogens with zero attached hydrogens (tertiary/aromatic N) is 4. The summed E-state index contributed by atoms with van der Waals surface area (Å²) in [5.74, 6) is 1.09. The van der Waals surface area contributed by atoms with E-state index in [9.17, 15) is 9.59 Å². The molecule has 0 spiro atoms. The van der Waals surface area contributed by atoms with Crippen LogP contribution in [0.3, 0.4) is 0 Å². The molecular weight excluding hydrogens is 468 g/mol. The van der Waals surface area contributed by atoms with E-state index in [4.69, 9.17) is 9.47 Å². The fourth-order valence-corrected chi connectivity index (χ4v) is 3.49. The van der Waals surface area contributed by atoms with Crippen molar-refractivity contribution in [1.82, 2.24) is 19.9 Å². The largest absolute Gasteiger partial charge is 0.444 e. The molecule has 3 rings (SSSR count). The van der Waals surface area contributed by atoms with Gasteiger partial charge in [0, 0.05) is 19.2 Å². The molecule has 2 N–H and O–H groups in total. The van der Waals surface area contributed by atoms with Crippen molar-refractivity contribution >= 4 is 45.4 Å². The van der Waals surface area contributed by atoms with Crippen LogP contribution in [0.1, 0.15) is 48.0 Å². The normalized spacial score (nSPS) is 17.0. The zero-order chi connectivity index (χ0) is 23.0. The predicted molar refractivity (Wildman–Crippen MR) is 121 cm³/mol. The lowest BCUT2D eigenvalue weighted by molar-refractivity contribution is 0.0508. The molecule has 2 aromatic heterocycles. The van der Waals surface area contributed by atoms with E-state index in [1.54, 1.807) is 33.0 Å². The second-order valence-electron chi connectivity index (χ2n) is 9.43. The van der Waals surface area contributed by atoms with Gasteiger partial charge in [0.1, 0.15) is 22.8 Å². The lowest BCUT2D eigenvalue weighted by Crippen LogP contribution is -2.40. The van der Waals surface area contributed by atoms with Crippen LogP contribution in [0.4, 0.5) is 21.2 Å². The van der Waals surface area contributed by atoms with E-state index in [0.717, 1.165) is 6.42 Å². The van der Waals surface area contributed by atoms with Crippen molar-refractivity contribution in [1.29, 1.82) is 0 Å². The highest BCUT2D eigenvalue weighted by atomic mass is 79.9. The molecule has 1 atom stereocenters. The number of aromatic nitrogens is 3. The molecule has 11 heteroatoms. The van der Waals surface area contributed by atoms with Gasteiger partial charge in [-0.3, -0.25) is 5.32 Å². The van der Waals surface area contributed by atoms with E-state index in [1.165, 1.54) is 4.52 Å². The molecule has 2 amide bonds. The van der Waals surface area contributed by atoms with Crippen molar-refractivity contribution in [3.05, 3.63) is 16.7 Å². The first kappa shape index (κ1) is 23.1. The fraction of sp³-hybridized carbons (Fsp3) is 0.600. The number of hydrogen-bond donors (Lipinski definition) is 2. The quantitative estimate of drug-likeness (QED) is 0.661. The Hall–Kier alpha value is -2.56. The van der Waals surface area contributed by atoms with Gasteiger partial charge in [0.15, 0.2) is 5.65 Å². The van der Waals surface area contributed by atoms with Crippen LogP contribution in [0.2, 0.25) is 0 Å². The monoisotopic (exact) mass is 496 g/mol. The average Bonchev–Trinajstić information content (AvgIpc) is 3.18. The standard InChI is InChI=1S/C20H29BrN6O4/c1-19(2,3)30-17(28)23-12-7-8-26(11-12)14-9-15(25-18(29)31-20(4,5)6)27-16(24-14)13(21)10-22-27/h9-10,12H,7-8,11H2,1-6H3,(H,23,28)(H,25,29)/t12-/m1/s1. The maximum absolute atomic E-state index is 12.3. The summed E-state index contributed by atoms with van der Waals surface area (Å²) >= 11 is 3.45. The summed E-state index contributed by atoms with van der Waals surface area (Å²) in [7, 11) is 0. The minimum absolute atomic E-state index is 0.0662. The Balaban J connectivity index is 1.77. The van der Waals surface area contributed by atoms with Gasteiger partial charge in [-0.1, -0.05) is 0 Å². The number of amides is 2. The van der Waals surface area contributed by atoms with Gasteiger partial charge < -0.3 is 19.7 Å². The summed E-state index contributed by atoms with van der Waals surface area (Å²) in [5, 5.41) is 9.92. The molecule has 0 aromatic carbocycles. The number of ether oxygens (including phenoxy) is 2. The average molecular weight is 497 g/mol. The Labute approximate surface area is 189 Å². The number of rotatable bonds is 3. The van der Waals surface area contributed by atoms with Gasteiger partial charge in [0.05, 0.1) is 16.7 Å². The molecule has 0 unspecified atom stereocenters. The summed E-state index contributed by atoms with van der Waals surface area (Å²) in [6, 6.07) is 1.68. The number of carbonyl (C=O) groups is 2. The Bertz CT molecular complexity index is 978. The van der Waals surface area contributed by atoms with E-state index in [2.05, 4.69) is 36.6 Å². The first-order chi connectivity index (χ1) is 14.3. The van der Waals surface area contributed by atoms with Gasteiger partial charge in [0.2, 0.25) is 0 Å². The van der Waals surface area contributed by atoms with Crippen molar-refractivity contribution in [3.8, 4) is 0 Å². The van der Waals surface area contributed by atoms with Gasteiger partial charge in [-0.25, -0.2) is 14.6 Å². The molecule has 1 saturated heterocycles. The van der Waals surface area contributed by atoms with E-state index < -0.39 is 23.4 Å². The Kier molecular flexibility index (Phi) is 6.35. The number of hydrogen-bond acceptors (Lipinski definition) is 7. The van der Waals surface area contributed by atoms with Gasteiger partial charge in [0.25, 0.3) is 0 Å². The second-order valence-corrected chi connectivity index (χ2v) is 10.3. The number of alkyl carbamates (subject to hydrolysis) is 1. The second kappa shape index (κ2) is 8.52. The van der Waals surface area contributed by atoms with E-state index in [0.29, 0.717) is 34.8 Å². The highest BCUT2D eigenvalue weighted by Gasteiger charge is 2.28. The fourth-order valence-electron chi connectivity index (χ4n) is 3.14. The summed E-state index contributed by atoms with van der Waals surface area (Å²) in [4.78, 5) is 31.1. The lowest BCUT2D eigenvalue weighted by Gasteiger charge is -2.23. The lowest BCUT2D eigenvalue weighted by atomic mass is 10.2. The molecule has 170 valence electrons. The van der Waals surface area contributed by atoms with E-state index in [1.807, 2.05) is 25.7 Å². The van der Waals surface area contributed by atoms with Crippen molar-refractivity contribution in [2.75, 3.05) is 23.3 Å². The summed E-state index contributed by atoms with van der Waals surface area (Å²) < 4.78 is 12.9. The Morgan fingerprint density at radius 2 is 1.77 bits per heavy atom. The van der Waals surface area contributed by atoms with Crippen molar-refractivity contribution in [3.63, 3.8) is 0 Å². The number of nitrogens with one attached hydrogen (secondary N) is 2. The van der Waals surface area contributed by atoms with Crippen LogP contribution in [-0.4, -0.2) is 57.1 Å². The van der Waals surface area contributed by atoms with E-state index >= 15 is 0 Å². The van der Waals surface area contributed by atoms with Crippen LogP contribution in [0, 0.1) is 0 Å². The van der Waals surface area contributed by atoms with Crippen molar-refractivity contribution in [2.24, 2.45) is 0 Å². The van der Waals surface area contributed by atoms with Crippen molar-refractivity contribution in [2.45, 2.75) is 65.2 Å². The zero-order valence-corrected chi connectivity index (χ0v) is 20.2. The summed E-state index contributed by atoms with van der Waals surface area (Å²) in [6.07, 6.45) is 1.35. The minimum Gasteiger partial charge on any atom is -0.444 e. The molecule has 3 heterocycles. The Morgan fingerprint density at radius 3 is 2.42 bits per heavy atom. The minimum atomic E-state index is -0.626. The maximum atomic E-state index is 12.3. The smallest absolute Gasteiger partial charge is 0.413 e. The zero-order valence-electron chi connectivity index (χ0n) is 18.7. The van der Waals surface area contributed by atoms with Gasteiger partial charge in [-0.05, 0) is 63.9 Å². The van der Waals surface area contributed by atoms with Crippen LogP contribution >= 0.6 is 15.9 Å². The van der Waals surface area contributed by atoms with Gasteiger partial charge in [-0.2, -0.15) is 9.61 Å². The van der Waals surface area contributed by atoms with Crippen LogP contribution in [0.25, 0.3) is 5.65 Å². The molecule has 31 heavy (non-hydrogen) atoms. The predicted octanol–water partition coefficient (Wildman–Crippen LogP) is 3.94. The third-order valence-electron chi connectivity index (χ3n) is 4.28. The first-order valence-corrected chi connectivity index (χ1v) is 10.9. The third kappa shape index (κ3) is 6.22. The first-order valence-electron chi connectivity index (χ1n) is 10.1. The highest BCUT2D eigenvalue weighted by molar-refractivity contribution is 9.10. The van der Waals surface area contributed by atoms with Crippen LogP contribution < -0.4 is 15.5 Å². The maximum Gasteiger partial charge on any atom is 0.413 e. The topological polar surface area (TPSA) is 110 Å². The molecule has 10 nitrogen and oxygen atoms in total.